The standard InChI is InChI=1S/C16H22FNO3/c1-11(7-16(20)21)12-3-2-6-18(9-12)10-13-8-14(17)4-5-15(13)19/h4-5,8,11-12,19H,2-3,6-7,9-10H2,1H3,(H,20,21). The Labute approximate surface area is 124 Å². The minimum absolute atomic E-state index is 0.108. The highest BCUT2D eigenvalue weighted by molar-refractivity contribution is 5.67. The summed E-state index contributed by atoms with van der Waals surface area (Å²) in [4.78, 5) is 13.0. The number of phenols is 1. The Balaban J connectivity index is 1.98. The van der Waals surface area contributed by atoms with Crippen LogP contribution >= 0.6 is 0 Å². The van der Waals surface area contributed by atoms with E-state index in [0.29, 0.717) is 18.0 Å². The van der Waals surface area contributed by atoms with Crippen LogP contribution in [-0.2, 0) is 11.3 Å². The molecule has 5 heteroatoms. The lowest BCUT2D eigenvalue weighted by molar-refractivity contribution is -0.138. The van der Waals surface area contributed by atoms with Crippen LogP contribution in [0.3, 0.4) is 0 Å². The number of halogens is 1. The van der Waals surface area contributed by atoms with Crippen molar-refractivity contribution >= 4 is 5.97 Å². The number of aromatic hydroxyl groups is 1. The molecular weight excluding hydrogens is 273 g/mol. The molecule has 1 aliphatic rings. The number of carboxylic acid groups (broad SMARTS) is 1. The van der Waals surface area contributed by atoms with Gasteiger partial charge in [0.15, 0.2) is 0 Å². The molecule has 0 aromatic heterocycles. The van der Waals surface area contributed by atoms with Crippen molar-refractivity contribution in [3.05, 3.63) is 29.6 Å². The van der Waals surface area contributed by atoms with Crippen LogP contribution in [-0.4, -0.2) is 34.2 Å². The largest absolute Gasteiger partial charge is 0.508 e. The predicted molar refractivity (Wildman–Crippen MR) is 77.5 cm³/mol. The van der Waals surface area contributed by atoms with Crippen LogP contribution < -0.4 is 0 Å². The van der Waals surface area contributed by atoms with Gasteiger partial charge in [0.05, 0.1) is 0 Å². The Morgan fingerprint density at radius 1 is 1.52 bits per heavy atom. The highest BCUT2D eigenvalue weighted by atomic mass is 19.1. The third kappa shape index (κ3) is 4.43. The highest BCUT2D eigenvalue weighted by Crippen LogP contribution is 2.28. The first-order chi connectivity index (χ1) is 9.95. The molecule has 1 saturated heterocycles. The fourth-order valence-corrected chi connectivity index (χ4v) is 3.06. The topological polar surface area (TPSA) is 60.8 Å². The Hall–Kier alpha value is -1.62. The van der Waals surface area contributed by atoms with Crippen LogP contribution in [0.1, 0.15) is 31.7 Å². The molecule has 4 nitrogen and oxygen atoms in total. The van der Waals surface area contributed by atoms with Gasteiger partial charge >= 0.3 is 5.97 Å². The number of likely N-dealkylation sites (tertiary alicyclic amines) is 1. The summed E-state index contributed by atoms with van der Waals surface area (Å²) in [7, 11) is 0. The Morgan fingerprint density at radius 2 is 2.29 bits per heavy atom. The van der Waals surface area contributed by atoms with E-state index in [9.17, 15) is 14.3 Å². The quantitative estimate of drug-likeness (QED) is 0.877. The average molecular weight is 295 g/mol. The minimum atomic E-state index is -0.762. The van der Waals surface area contributed by atoms with Crippen molar-refractivity contribution in [3.8, 4) is 5.75 Å². The Bertz CT molecular complexity index is 506. The number of rotatable bonds is 5. The van der Waals surface area contributed by atoms with Crippen molar-refractivity contribution in [1.29, 1.82) is 0 Å². The molecule has 2 unspecified atom stereocenters. The van der Waals surface area contributed by atoms with Gasteiger partial charge in [-0.2, -0.15) is 0 Å². The number of phenolic OH excluding ortho intramolecular Hbond substituents is 1. The first kappa shape index (κ1) is 15.8. The number of benzene rings is 1. The van der Waals surface area contributed by atoms with E-state index in [1.165, 1.54) is 18.2 Å². The van der Waals surface area contributed by atoms with E-state index in [4.69, 9.17) is 5.11 Å². The van der Waals surface area contributed by atoms with E-state index in [0.717, 1.165) is 25.9 Å². The van der Waals surface area contributed by atoms with Gasteiger partial charge in [-0.15, -0.1) is 0 Å². The van der Waals surface area contributed by atoms with Crippen LogP contribution in [0.4, 0.5) is 4.39 Å². The van der Waals surface area contributed by atoms with Gasteiger partial charge in [0.2, 0.25) is 0 Å². The third-order valence-electron chi connectivity index (χ3n) is 4.28. The van der Waals surface area contributed by atoms with E-state index in [2.05, 4.69) is 4.90 Å². The fourth-order valence-electron chi connectivity index (χ4n) is 3.06. The van der Waals surface area contributed by atoms with Gasteiger partial charge < -0.3 is 10.2 Å². The number of aliphatic carboxylic acids is 1. The SMILES string of the molecule is CC(CC(=O)O)C1CCCN(Cc2cc(F)ccc2O)C1. The molecule has 2 N–H and O–H groups in total. The molecule has 1 aliphatic heterocycles. The first-order valence-corrected chi connectivity index (χ1v) is 7.37. The van der Waals surface area contributed by atoms with Crippen molar-refractivity contribution in [3.63, 3.8) is 0 Å². The maximum atomic E-state index is 13.3. The molecule has 0 saturated carbocycles. The maximum absolute atomic E-state index is 13.3. The van der Waals surface area contributed by atoms with E-state index >= 15 is 0 Å². The molecule has 21 heavy (non-hydrogen) atoms. The lowest BCUT2D eigenvalue weighted by atomic mass is 9.84. The summed E-state index contributed by atoms with van der Waals surface area (Å²) in [6, 6.07) is 3.98. The molecule has 1 heterocycles. The molecule has 0 bridgehead atoms. The van der Waals surface area contributed by atoms with E-state index in [1.54, 1.807) is 0 Å². The molecule has 0 radical (unpaired) electrons. The summed E-state index contributed by atoms with van der Waals surface area (Å²) in [5.41, 5.74) is 0.585. The van der Waals surface area contributed by atoms with Crippen LogP contribution in [0.2, 0.25) is 0 Å². The molecule has 0 spiro atoms. The van der Waals surface area contributed by atoms with Crippen molar-refractivity contribution < 1.29 is 19.4 Å². The maximum Gasteiger partial charge on any atom is 0.303 e. The minimum Gasteiger partial charge on any atom is -0.508 e. The molecule has 2 atom stereocenters. The average Bonchev–Trinajstić information content (AvgIpc) is 2.42. The third-order valence-corrected chi connectivity index (χ3v) is 4.28. The van der Waals surface area contributed by atoms with Crippen LogP contribution in [0.5, 0.6) is 5.75 Å². The first-order valence-electron chi connectivity index (χ1n) is 7.37. The summed E-state index contributed by atoms with van der Waals surface area (Å²) in [6.07, 6.45) is 2.22. The summed E-state index contributed by atoms with van der Waals surface area (Å²) in [5, 5.41) is 18.7. The van der Waals surface area contributed by atoms with Gasteiger partial charge in [-0.3, -0.25) is 9.69 Å². The molecule has 1 fully saturated rings. The van der Waals surface area contributed by atoms with Crippen molar-refractivity contribution in [2.75, 3.05) is 13.1 Å². The van der Waals surface area contributed by atoms with Crippen LogP contribution in [0.15, 0.2) is 18.2 Å². The van der Waals surface area contributed by atoms with Gasteiger partial charge in [0.1, 0.15) is 11.6 Å². The predicted octanol–water partition coefficient (Wildman–Crippen LogP) is 2.85. The zero-order chi connectivity index (χ0) is 15.4. The van der Waals surface area contributed by atoms with Gasteiger partial charge in [-0.1, -0.05) is 6.92 Å². The second-order valence-electron chi connectivity index (χ2n) is 5.99. The monoisotopic (exact) mass is 295 g/mol. The zero-order valence-corrected chi connectivity index (χ0v) is 12.3. The molecule has 0 amide bonds. The second kappa shape index (κ2) is 6.89. The highest BCUT2D eigenvalue weighted by Gasteiger charge is 2.26. The normalized spacial score (nSPS) is 21.1. The van der Waals surface area contributed by atoms with Gasteiger partial charge in [0.25, 0.3) is 0 Å². The smallest absolute Gasteiger partial charge is 0.303 e. The van der Waals surface area contributed by atoms with Crippen molar-refractivity contribution in [1.82, 2.24) is 4.90 Å². The van der Waals surface area contributed by atoms with Crippen LogP contribution in [0, 0.1) is 17.7 Å². The van der Waals surface area contributed by atoms with E-state index < -0.39 is 5.97 Å². The van der Waals surface area contributed by atoms with Crippen molar-refractivity contribution in [2.45, 2.75) is 32.7 Å². The summed E-state index contributed by atoms with van der Waals surface area (Å²) in [6.45, 7) is 4.17. The van der Waals surface area contributed by atoms with Gasteiger partial charge in [0, 0.05) is 25.1 Å². The molecule has 0 aliphatic carbocycles. The Kier molecular flexibility index (Phi) is 5.17. The van der Waals surface area contributed by atoms with E-state index in [-0.39, 0.29) is 23.9 Å². The fraction of sp³-hybridized carbons (Fsp3) is 0.562. The number of carbonyl (C=O) groups is 1. The van der Waals surface area contributed by atoms with Crippen LogP contribution in [0.25, 0.3) is 0 Å². The lowest BCUT2D eigenvalue weighted by Crippen LogP contribution is -2.37. The molecule has 2 rings (SSSR count). The van der Waals surface area contributed by atoms with Gasteiger partial charge in [-0.25, -0.2) is 4.39 Å². The van der Waals surface area contributed by atoms with Gasteiger partial charge in [-0.05, 0) is 49.4 Å². The van der Waals surface area contributed by atoms with E-state index in [1.807, 2.05) is 6.92 Å². The number of hydrogen-bond donors (Lipinski definition) is 2. The molecule has 116 valence electrons. The van der Waals surface area contributed by atoms with Crippen molar-refractivity contribution in [2.24, 2.45) is 11.8 Å². The zero-order valence-electron chi connectivity index (χ0n) is 12.3. The summed E-state index contributed by atoms with van der Waals surface area (Å²) < 4.78 is 13.3. The number of piperidine rings is 1. The summed E-state index contributed by atoms with van der Waals surface area (Å²) in [5.74, 6) is -0.535. The number of nitrogens with zero attached hydrogens (tertiary/aromatic N) is 1. The lowest BCUT2D eigenvalue weighted by Gasteiger charge is -2.35. The Morgan fingerprint density at radius 3 is 3.00 bits per heavy atom. The molecule has 1 aromatic carbocycles. The summed E-state index contributed by atoms with van der Waals surface area (Å²) >= 11 is 0. The number of hydrogen-bond acceptors (Lipinski definition) is 3. The second-order valence-corrected chi connectivity index (χ2v) is 5.99. The number of carboxylic acids is 1. The molecular formula is C16H22FNO3. The molecule has 1 aromatic rings.